The number of benzene rings is 1. The largest absolute Gasteiger partial charge is 0.0842 e. The second-order valence-electron chi connectivity index (χ2n) is 1.78. The minimum Gasteiger partial charge on any atom is -0.0842 e. The first-order chi connectivity index (χ1) is 4.61. The van der Waals surface area contributed by atoms with Crippen LogP contribution in [-0.2, 0) is 0 Å². The third-order valence-electron chi connectivity index (χ3n) is 1.04. The van der Waals surface area contributed by atoms with Crippen LogP contribution in [0, 0.1) is 6.92 Å². The van der Waals surface area contributed by atoms with E-state index >= 15 is 0 Å². The predicted molar refractivity (Wildman–Crippen MR) is 44.9 cm³/mol. The van der Waals surface area contributed by atoms with E-state index < -0.39 is 0 Å². The van der Waals surface area contributed by atoms with Crippen molar-refractivity contribution in [3.8, 4) is 0 Å². The van der Waals surface area contributed by atoms with Crippen LogP contribution in [0.25, 0.3) is 0 Å². The summed E-state index contributed by atoms with van der Waals surface area (Å²) in [5.41, 5.74) is 0.368. The Morgan fingerprint density at radius 2 is 1.40 bits per heavy atom. The molecule has 3 heteroatoms. The van der Waals surface area contributed by atoms with Crippen LogP contribution in [0.5, 0.6) is 0 Å². The second-order valence-corrected chi connectivity index (χ2v) is 3.03. The van der Waals surface area contributed by atoms with Crippen molar-refractivity contribution in [2.75, 3.05) is 0 Å². The number of halogens is 3. The molecule has 0 N–H and O–H groups in total. The molecule has 2 radical (unpaired) electrons. The Morgan fingerprint density at radius 1 is 1.00 bits per heavy atom. The van der Waals surface area contributed by atoms with Crippen molar-refractivity contribution in [2.45, 2.75) is 0 Å². The van der Waals surface area contributed by atoms with Gasteiger partial charge in [0.1, 0.15) is 0 Å². The summed E-state index contributed by atoms with van der Waals surface area (Å²) in [5.74, 6) is 0. The molecule has 0 saturated carbocycles. The summed E-state index contributed by atoms with van der Waals surface area (Å²) in [6.07, 6.45) is 0. The number of hydrogen-bond donors (Lipinski definition) is 0. The van der Waals surface area contributed by atoms with E-state index in [2.05, 4.69) is 0 Å². The minimum absolute atomic E-state index is 0.368. The zero-order valence-corrected chi connectivity index (χ0v) is 7.13. The minimum atomic E-state index is 0.368. The molecule has 52 valence electrons. The predicted octanol–water partition coefficient (Wildman–Crippen LogP) is 3.71. The Balaban J connectivity index is 3.31. The highest BCUT2D eigenvalue weighted by atomic mass is 35.5. The van der Waals surface area contributed by atoms with Gasteiger partial charge in [-0.1, -0.05) is 34.8 Å². The van der Waals surface area contributed by atoms with E-state index in [-0.39, 0.29) is 0 Å². The van der Waals surface area contributed by atoms with E-state index in [1.807, 2.05) is 0 Å². The van der Waals surface area contributed by atoms with Crippen LogP contribution in [0.3, 0.4) is 0 Å². The van der Waals surface area contributed by atoms with Gasteiger partial charge in [-0.3, -0.25) is 0 Å². The molecule has 0 nitrogen and oxygen atoms in total. The lowest BCUT2D eigenvalue weighted by Crippen LogP contribution is -1.76. The lowest BCUT2D eigenvalue weighted by atomic mass is 10.2. The molecule has 0 saturated heterocycles. The molecular weight excluding hydrogens is 190 g/mol. The van der Waals surface area contributed by atoms with Gasteiger partial charge in [-0.05, 0) is 17.7 Å². The fourth-order valence-electron chi connectivity index (χ4n) is 0.553. The highest BCUT2D eigenvalue weighted by Crippen LogP contribution is 2.27. The van der Waals surface area contributed by atoms with E-state index in [0.29, 0.717) is 20.6 Å². The van der Waals surface area contributed by atoms with Crippen molar-refractivity contribution in [1.82, 2.24) is 0 Å². The summed E-state index contributed by atoms with van der Waals surface area (Å²) in [7, 11) is 0. The van der Waals surface area contributed by atoms with Crippen LogP contribution < -0.4 is 0 Å². The molecule has 1 aromatic rings. The Kier molecular flexibility index (Phi) is 2.45. The topological polar surface area (TPSA) is 0 Å². The monoisotopic (exact) mass is 192 g/mol. The maximum Gasteiger partial charge on any atom is 0.0470 e. The molecule has 1 rings (SSSR count). The second kappa shape index (κ2) is 3.00. The summed E-state index contributed by atoms with van der Waals surface area (Å²) >= 11 is 16.8. The molecule has 0 atom stereocenters. The number of rotatable bonds is 0. The summed E-state index contributed by atoms with van der Waals surface area (Å²) in [5, 5.41) is 1.26. The molecule has 1 aromatic carbocycles. The Labute approximate surface area is 74.7 Å². The van der Waals surface area contributed by atoms with Gasteiger partial charge < -0.3 is 0 Å². The van der Waals surface area contributed by atoms with E-state index in [1.54, 1.807) is 12.1 Å². The fourth-order valence-corrected chi connectivity index (χ4v) is 1.37. The normalized spacial score (nSPS) is 10.0. The van der Waals surface area contributed by atoms with E-state index in [1.165, 1.54) is 0 Å². The highest BCUT2D eigenvalue weighted by Gasteiger charge is 2.01. The first kappa shape index (κ1) is 8.19. The Bertz CT molecular complexity index is 232. The molecule has 0 heterocycles. The van der Waals surface area contributed by atoms with Crippen molar-refractivity contribution in [3.63, 3.8) is 0 Å². The smallest absolute Gasteiger partial charge is 0.0470 e. The van der Waals surface area contributed by atoms with Gasteiger partial charge in [-0.15, -0.1) is 0 Å². The van der Waals surface area contributed by atoms with E-state index in [9.17, 15) is 0 Å². The van der Waals surface area contributed by atoms with Gasteiger partial charge in [0.2, 0.25) is 0 Å². The fraction of sp³-hybridized carbons (Fsp3) is 0. The molecule has 0 fully saturated rings. The zero-order valence-electron chi connectivity index (χ0n) is 4.87. The number of hydrogen-bond acceptors (Lipinski definition) is 0. The van der Waals surface area contributed by atoms with E-state index in [4.69, 9.17) is 41.7 Å². The Morgan fingerprint density at radius 3 is 1.80 bits per heavy atom. The molecule has 0 bridgehead atoms. The molecule has 0 aliphatic heterocycles. The van der Waals surface area contributed by atoms with Crippen molar-refractivity contribution in [3.05, 3.63) is 39.7 Å². The van der Waals surface area contributed by atoms with Crippen LogP contribution in [0.15, 0.2) is 12.1 Å². The maximum atomic E-state index is 5.63. The SMILES string of the molecule is [CH]c1c(Cl)cc(Cl)cc1Cl. The molecule has 10 heavy (non-hydrogen) atoms. The molecule has 0 aliphatic carbocycles. The van der Waals surface area contributed by atoms with Crippen LogP contribution in [0.1, 0.15) is 5.56 Å². The third kappa shape index (κ3) is 1.57. The lowest BCUT2D eigenvalue weighted by Gasteiger charge is -1.99. The Hall–Kier alpha value is 0.0900. The first-order valence-electron chi connectivity index (χ1n) is 2.51. The molecule has 0 aliphatic rings. The molecule has 0 amide bonds. The van der Waals surface area contributed by atoms with Crippen molar-refractivity contribution < 1.29 is 0 Å². The summed E-state index contributed by atoms with van der Waals surface area (Å²) in [4.78, 5) is 0. The van der Waals surface area contributed by atoms with Crippen LogP contribution >= 0.6 is 34.8 Å². The maximum absolute atomic E-state index is 5.63. The lowest BCUT2D eigenvalue weighted by molar-refractivity contribution is 1.61. The van der Waals surface area contributed by atoms with Gasteiger partial charge >= 0.3 is 0 Å². The van der Waals surface area contributed by atoms with Crippen LogP contribution in [0.4, 0.5) is 0 Å². The summed E-state index contributed by atoms with van der Waals surface area (Å²) in [6.45, 7) is 5.43. The average molecular weight is 193 g/mol. The van der Waals surface area contributed by atoms with Crippen molar-refractivity contribution in [2.24, 2.45) is 0 Å². The van der Waals surface area contributed by atoms with Gasteiger partial charge in [-0.25, -0.2) is 0 Å². The summed E-state index contributed by atoms with van der Waals surface area (Å²) in [6, 6.07) is 3.09. The molecule has 0 unspecified atom stereocenters. The van der Waals surface area contributed by atoms with Gasteiger partial charge in [0.15, 0.2) is 0 Å². The van der Waals surface area contributed by atoms with E-state index in [0.717, 1.165) is 0 Å². The van der Waals surface area contributed by atoms with Gasteiger partial charge in [0.05, 0.1) is 0 Å². The zero-order chi connectivity index (χ0) is 7.72. The standard InChI is InChI=1S/C7H3Cl3/c1-4-6(9)2-5(8)3-7(4)10/h1-3H. The van der Waals surface area contributed by atoms with Gasteiger partial charge in [-0.2, -0.15) is 0 Å². The highest BCUT2D eigenvalue weighted by molar-refractivity contribution is 6.39. The summed E-state index contributed by atoms with van der Waals surface area (Å²) < 4.78 is 0. The van der Waals surface area contributed by atoms with Crippen molar-refractivity contribution in [1.29, 1.82) is 0 Å². The molecule has 0 spiro atoms. The molecular formula is C7H3Cl3. The molecule has 0 aromatic heterocycles. The quantitative estimate of drug-likeness (QED) is 0.589. The third-order valence-corrected chi connectivity index (χ3v) is 1.89. The van der Waals surface area contributed by atoms with Crippen molar-refractivity contribution >= 4 is 34.8 Å². The van der Waals surface area contributed by atoms with Gasteiger partial charge in [0, 0.05) is 22.0 Å². The van der Waals surface area contributed by atoms with Gasteiger partial charge in [0.25, 0.3) is 0 Å². The van der Waals surface area contributed by atoms with Crippen LogP contribution in [-0.4, -0.2) is 0 Å². The average Bonchev–Trinajstić information content (AvgIpc) is 1.82. The first-order valence-corrected chi connectivity index (χ1v) is 3.64. The van der Waals surface area contributed by atoms with Crippen LogP contribution in [0.2, 0.25) is 15.1 Å².